The van der Waals surface area contributed by atoms with Crippen LogP contribution in [0.15, 0.2) is 24.3 Å². The standard InChI is InChI=1S/C14H17ClN2O3/c15-10-5-1-2-7-12(10)20-9-13(18)17-11-6-3-4-8-16-14(11)19/h1-2,5,7,11H,3-4,6,8-9H2,(H,16,19)(H,17,18). The number of halogens is 1. The first kappa shape index (κ1) is 14.7. The summed E-state index contributed by atoms with van der Waals surface area (Å²) < 4.78 is 5.33. The van der Waals surface area contributed by atoms with E-state index < -0.39 is 6.04 Å². The van der Waals surface area contributed by atoms with Crippen molar-refractivity contribution in [2.24, 2.45) is 0 Å². The highest BCUT2D eigenvalue weighted by Crippen LogP contribution is 2.22. The van der Waals surface area contributed by atoms with Crippen LogP contribution in [0.4, 0.5) is 0 Å². The van der Waals surface area contributed by atoms with Gasteiger partial charge in [0.1, 0.15) is 11.8 Å². The smallest absolute Gasteiger partial charge is 0.258 e. The molecule has 6 heteroatoms. The lowest BCUT2D eigenvalue weighted by molar-refractivity contribution is -0.129. The molecule has 0 saturated carbocycles. The fourth-order valence-electron chi connectivity index (χ4n) is 2.02. The first-order chi connectivity index (χ1) is 9.66. The molecule has 108 valence electrons. The second kappa shape index (κ2) is 7.14. The fraction of sp³-hybridized carbons (Fsp3) is 0.429. The van der Waals surface area contributed by atoms with E-state index in [0.717, 1.165) is 12.8 Å². The summed E-state index contributed by atoms with van der Waals surface area (Å²) in [5.41, 5.74) is 0. The molecule has 1 unspecified atom stereocenters. The van der Waals surface area contributed by atoms with Crippen LogP contribution in [0.1, 0.15) is 19.3 Å². The first-order valence-corrected chi connectivity index (χ1v) is 6.99. The number of nitrogens with one attached hydrogen (secondary N) is 2. The van der Waals surface area contributed by atoms with Crippen molar-refractivity contribution in [3.05, 3.63) is 29.3 Å². The van der Waals surface area contributed by atoms with Gasteiger partial charge in [0.15, 0.2) is 6.61 Å². The van der Waals surface area contributed by atoms with E-state index in [0.29, 0.717) is 23.7 Å². The van der Waals surface area contributed by atoms with Gasteiger partial charge in [-0.1, -0.05) is 23.7 Å². The summed E-state index contributed by atoms with van der Waals surface area (Å²) in [5, 5.41) is 5.90. The zero-order valence-corrected chi connectivity index (χ0v) is 11.8. The van der Waals surface area contributed by atoms with E-state index in [1.165, 1.54) is 0 Å². The third kappa shape index (κ3) is 4.13. The predicted molar refractivity (Wildman–Crippen MR) is 75.7 cm³/mol. The summed E-state index contributed by atoms with van der Waals surface area (Å²) >= 11 is 5.92. The molecule has 1 aromatic carbocycles. The van der Waals surface area contributed by atoms with Crippen LogP contribution < -0.4 is 15.4 Å². The van der Waals surface area contributed by atoms with E-state index in [9.17, 15) is 9.59 Å². The van der Waals surface area contributed by atoms with Crippen LogP contribution in [-0.2, 0) is 9.59 Å². The molecule has 1 aliphatic rings. The summed E-state index contributed by atoms with van der Waals surface area (Å²) in [4.78, 5) is 23.5. The van der Waals surface area contributed by atoms with Crippen LogP contribution in [0.5, 0.6) is 5.75 Å². The zero-order valence-electron chi connectivity index (χ0n) is 11.0. The average molecular weight is 297 g/mol. The largest absolute Gasteiger partial charge is 0.482 e. The van der Waals surface area contributed by atoms with Gasteiger partial charge in [0.25, 0.3) is 5.91 Å². The minimum absolute atomic E-state index is 0.131. The molecule has 2 N–H and O–H groups in total. The van der Waals surface area contributed by atoms with Crippen molar-refractivity contribution < 1.29 is 14.3 Å². The fourth-order valence-corrected chi connectivity index (χ4v) is 2.21. The number of hydrogen-bond donors (Lipinski definition) is 2. The Balaban J connectivity index is 1.83. The Morgan fingerprint density at radius 2 is 2.20 bits per heavy atom. The quantitative estimate of drug-likeness (QED) is 0.885. The van der Waals surface area contributed by atoms with Crippen LogP contribution in [-0.4, -0.2) is 31.0 Å². The lowest BCUT2D eigenvalue weighted by Gasteiger charge is -2.15. The zero-order chi connectivity index (χ0) is 14.4. The van der Waals surface area contributed by atoms with Gasteiger partial charge in [-0.25, -0.2) is 0 Å². The van der Waals surface area contributed by atoms with Crippen LogP contribution in [0.25, 0.3) is 0 Å². The van der Waals surface area contributed by atoms with Crippen molar-refractivity contribution >= 4 is 23.4 Å². The van der Waals surface area contributed by atoms with Crippen molar-refractivity contribution in [3.8, 4) is 5.75 Å². The van der Waals surface area contributed by atoms with Gasteiger partial charge in [0, 0.05) is 6.54 Å². The molecule has 1 fully saturated rings. The summed E-state index contributed by atoms with van der Waals surface area (Å²) in [5.74, 6) is -0.00445. The molecular formula is C14H17ClN2O3. The summed E-state index contributed by atoms with van der Waals surface area (Å²) in [6.07, 6.45) is 2.51. The Morgan fingerprint density at radius 1 is 1.40 bits per heavy atom. The molecular weight excluding hydrogens is 280 g/mol. The maximum atomic E-state index is 11.8. The number of benzene rings is 1. The Bertz CT molecular complexity index is 493. The van der Waals surface area contributed by atoms with E-state index >= 15 is 0 Å². The van der Waals surface area contributed by atoms with Gasteiger partial charge in [-0.15, -0.1) is 0 Å². The molecule has 1 aromatic rings. The highest BCUT2D eigenvalue weighted by atomic mass is 35.5. The van der Waals surface area contributed by atoms with E-state index in [2.05, 4.69) is 10.6 Å². The third-order valence-corrected chi connectivity index (χ3v) is 3.38. The van der Waals surface area contributed by atoms with Crippen LogP contribution in [0.2, 0.25) is 5.02 Å². The molecule has 5 nitrogen and oxygen atoms in total. The minimum atomic E-state index is -0.472. The first-order valence-electron chi connectivity index (χ1n) is 6.61. The SMILES string of the molecule is O=C(COc1ccccc1Cl)NC1CCCCNC1=O. The minimum Gasteiger partial charge on any atom is -0.482 e. The average Bonchev–Trinajstić information content (AvgIpc) is 2.63. The molecule has 1 saturated heterocycles. The molecule has 0 bridgehead atoms. The predicted octanol–water partition coefficient (Wildman–Crippen LogP) is 1.50. The van der Waals surface area contributed by atoms with Gasteiger partial charge in [0.05, 0.1) is 5.02 Å². The van der Waals surface area contributed by atoms with E-state index in [1.54, 1.807) is 24.3 Å². The van der Waals surface area contributed by atoms with Crippen molar-refractivity contribution in [2.75, 3.05) is 13.2 Å². The lowest BCUT2D eigenvalue weighted by Crippen LogP contribution is -2.46. The summed E-state index contributed by atoms with van der Waals surface area (Å²) in [6, 6.07) is 6.46. The van der Waals surface area contributed by atoms with Crippen molar-refractivity contribution in [2.45, 2.75) is 25.3 Å². The molecule has 1 atom stereocenters. The number of rotatable bonds is 4. The number of hydrogen-bond acceptors (Lipinski definition) is 3. The molecule has 0 aliphatic carbocycles. The third-order valence-electron chi connectivity index (χ3n) is 3.07. The number of carbonyl (C=O) groups is 2. The van der Waals surface area contributed by atoms with Crippen LogP contribution in [0.3, 0.4) is 0 Å². The van der Waals surface area contributed by atoms with Crippen LogP contribution >= 0.6 is 11.6 Å². The lowest BCUT2D eigenvalue weighted by atomic mass is 10.1. The second-order valence-corrected chi connectivity index (χ2v) is 5.03. The van der Waals surface area contributed by atoms with Gasteiger partial charge in [-0.2, -0.15) is 0 Å². The number of amides is 2. The monoisotopic (exact) mass is 296 g/mol. The van der Waals surface area contributed by atoms with Crippen molar-refractivity contribution in [1.29, 1.82) is 0 Å². The normalized spacial score (nSPS) is 18.9. The number of ether oxygens (including phenoxy) is 1. The molecule has 1 heterocycles. The number of para-hydroxylation sites is 1. The maximum absolute atomic E-state index is 11.8. The molecule has 2 rings (SSSR count). The Hall–Kier alpha value is -1.75. The van der Waals surface area contributed by atoms with E-state index in [-0.39, 0.29) is 18.4 Å². The maximum Gasteiger partial charge on any atom is 0.258 e. The Labute approximate surface area is 122 Å². The Kier molecular flexibility index (Phi) is 5.24. The summed E-state index contributed by atoms with van der Waals surface area (Å²) in [7, 11) is 0. The van der Waals surface area contributed by atoms with Crippen molar-refractivity contribution in [1.82, 2.24) is 10.6 Å². The molecule has 0 spiro atoms. The molecule has 20 heavy (non-hydrogen) atoms. The van der Waals surface area contributed by atoms with Crippen LogP contribution in [0, 0.1) is 0 Å². The number of carbonyl (C=O) groups excluding carboxylic acids is 2. The van der Waals surface area contributed by atoms with Gasteiger partial charge in [0.2, 0.25) is 5.91 Å². The Morgan fingerprint density at radius 3 is 3.00 bits per heavy atom. The molecule has 1 aliphatic heterocycles. The van der Waals surface area contributed by atoms with Gasteiger partial charge in [-0.3, -0.25) is 9.59 Å². The van der Waals surface area contributed by atoms with Gasteiger partial charge >= 0.3 is 0 Å². The molecule has 0 aromatic heterocycles. The topological polar surface area (TPSA) is 67.4 Å². The second-order valence-electron chi connectivity index (χ2n) is 4.63. The highest BCUT2D eigenvalue weighted by Gasteiger charge is 2.22. The van der Waals surface area contributed by atoms with E-state index in [1.807, 2.05) is 0 Å². The summed E-state index contributed by atoms with van der Waals surface area (Å²) in [6.45, 7) is 0.509. The van der Waals surface area contributed by atoms with Gasteiger partial charge in [-0.05, 0) is 31.4 Å². The van der Waals surface area contributed by atoms with Gasteiger partial charge < -0.3 is 15.4 Å². The van der Waals surface area contributed by atoms with Crippen molar-refractivity contribution in [3.63, 3.8) is 0 Å². The van der Waals surface area contributed by atoms with E-state index in [4.69, 9.17) is 16.3 Å². The highest BCUT2D eigenvalue weighted by molar-refractivity contribution is 6.32. The molecule has 0 radical (unpaired) electrons. The molecule has 2 amide bonds.